The predicted molar refractivity (Wildman–Crippen MR) is 56.9 cm³/mol. The predicted octanol–water partition coefficient (Wildman–Crippen LogP) is 0.426. The molecule has 0 radical (unpaired) electrons. The first kappa shape index (κ1) is 10.4. The third-order valence-electron chi connectivity index (χ3n) is 3.65. The van der Waals surface area contributed by atoms with E-state index in [4.69, 9.17) is 5.73 Å². The van der Waals surface area contributed by atoms with Gasteiger partial charge in [-0.1, -0.05) is 6.42 Å². The van der Waals surface area contributed by atoms with Crippen molar-refractivity contribution < 1.29 is 5.11 Å². The molecule has 0 aromatic rings. The molecule has 0 amide bonds. The summed E-state index contributed by atoms with van der Waals surface area (Å²) in [6.07, 6.45) is 3.67. The van der Waals surface area contributed by atoms with E-state index < -0.39 is 0 Å². The zero-order valence-electron chi connectivity index (χ0n) is 9.02. The summed E-state index contributed by atoms with van der Waals surface area (Å²) in [5, 5.41) is 9.98. The Kier molecular flexibility index (Phi) is 3.10. The van der Waals surface area contributed by atoms with Crippen LogP contribution in [0.3, 0.4) is 0 Å². The molecule has 1 saturated heterocycles. The van der Waals surface area contributed by atoms with Crippen molar-refractivity contribution in [3.63, 3.8) is 0 Å². The van der Waals surface area contributed by atoms with Crippen LogP contribution in [0.15, 0.2) is 0 Å². The molecular weight excluding hydrogens is 176 g/mol. The van der Waals surface area contributed by atoms with Gasteiger partial charge in [0.2, 0.25) is 0 Å². The zero-order chi connectivity index (χ0) is 10.1. The van der Waals surface area contributed by atoms with Crippen LogP contribution in [0, 0.1) is 11.8 Å². The second kappa shape index (κ2) is 4.17. The summed E-state index contributed by atoms with van der Waals surface area (Å²) in [5.41, 5.74) is 5.80. The van der Waals surface area contributed by atoms with Crippen LogP contribution in [0.4, 0.5) is 0 Å². The summed E-state index contributed by atoms with van der Waals surface area (Å²) >= 11 is 0. The van der Waals surface area contributed by atoms with Crippen LogP contribution < -0.4 is 5.73 Å². The van der Waals surface area contributed by atoms with Gasteiger partial charge in [-0.3, -0.25) is 0 Å². The first-order chi connectivity index (χ1) is 6.66. The molecule has 3 atom stereocenters. The van der Waals surface area contributed by atoms with E-state index in [2.05, 4.69) is 11.8 Å². The van der Waals surface area contributed by atoms with E-state index in [0.717, 1.165) is 19.6 Å². The fourth-order valence-electron chi connectivity index (χ4n) is 3.06. The maximum absolute atomic E-state index is 9.98. The van der Waals surface area contributed by atoms with Crippen molar-refractivity contribution in [2.45, 2.75) is 38.3 Å². The molecule has 1 aliphatic carbocycles. The number of rotatable bonds is 2. The molecule has 82 valence electrons. The number of nitrogens with two attached hydrogens (primary N) is 1. The van der Waals surface area contributed by atoms with E-state index in [0.29, 0.717) is 11.8 Å². The number of nitrogens with zero attached hydrogens (tertiary/aromatic N) is 1. The van der Waals surface area contributed by atoms with Gasteiger partial charge in [0, 0.05) is 25.7 Å². The van der Waals surface area contributed by atoms with Crippen molar-refractivity contribution >= 4 is 0 Å². The molecule has 1 aliphatic heterocycles. The standard InChI is InChI=1S/C11H22N2O/c1-8(12)5-13-6-9-3-2-4-10(7-13)11(9)14/h8-11,14H,2-7,12H2,1H3. The largest absolute Gasteiger partial charge is 0.392 e. The quantitative estimate of drug-likeness (QED) is 0.676. The Morgan fingerprint density at radius 3 is 2.43 bits per heavy atom. The molecule has 2 rings (SSSR count). The Hall–Kier alpha value is -0.120. The van der Waals surface area contributed by atoms with Gasteiger partial charge in [0.15, 0.2) is 0 Å². The van der Waals surface area contributed by atoms with Crippen molar-refractivity contribution in [1.29, 1.82) is 0 Å². The molecule has 3 unspecified atom stereocenters. The maximum atomic E-state index is 9.98. The van der Waals surface area contributed by atoms with E-state index in [1.807, 2.05) is 0 Å². The van der Waals surface area contributed by atoms with Crippen molar-refractivity contribution in [2.75, 3.05) is 19.6 Å². The highest BCUT2D eigenvalue weighted by Gasteiger charge is 2.38. The van der Waals surface area contributed by atoms with Gasteiger partial charge in [-0.15, -0.1) is 0 Å². The number of aliphatic hydroxyl groups excluding tert-OH is 1. The van der Waals surface area contributed by atoms with Crippen molar-refractivity contribution in [2.24, 2.45) is 17.6 Å². The first-order valence-corrected chi connectivity index (χ1v) is 5.83. The Bertz CT molecular complexity index is 182. The van der Waals surface area contributed by atoms with Crippen LogP contribution in [0.1, 0.15) is 26.2 Å². The summed E-state index contributed by atoms with van der Waals surface area (Å²) in [6, 6.07) is 0.256. The third-order valence-corrected chi connectivity index (χ3v) is 3.65. The molecule has 14 heavy (non-hydrogen) atoms. The lowest BCUT2D eigenvalue weighted by molar-refractivity contribution is -0.0501. The Morgan fingerprint density at radius 2 is 1.93 bits per heavy atom. The van der Waals surface area contributed by atoms with Crippen molar-refractivity contribution in [1.82, 2.24) is 4.90 Å². The Labute approximate surface area is 86.3 Å². The molecule has 0 spiro atoms. The highest BCUT2D eigenvalue weighted by Crippen LogP contribution is 2.34. The van der Waals surface area contributed by atoms with Crippen LogP contribution in [0.25, 0.3) is 0 Å². The second-order valence-electron chi connectivity index (χ2n) is 5.14. The first-order valence-electron chi connectivity index (χ1n) is 5.83. The maximum Gasteiger partial charge on any atom is 0.0620 e. The molecule has 0 aromatic carbocycles. The lowest BCUT2D eigenvalue weighted by atomic mass is 9.75. The number of hydrogen-bond acceptors (Lipinski definition) is 3. The van der Waals surface area contributed by atoms with Crippen LogP contribution in [0.5, 0.6) is 0 Å². The third kappa shape index (κ3) is 2.10. The number of likely N-dealkylation sites (tertiary alicyclic amines) is 1. The molecule has 0 aromatic heterocycles. The average Bonchev–Trinajstić information content (AvgIpc) is 2.05. The van der Waals surface area contributed by atoms with Crippen LogP contribution >= 0.6 is 0 Å². The number of fused-ring (bicyclic) bond motifs is 2. The summed E-state index contributed by atoms with van der Waals surface area (Å²) in [6.45, 7) is 5.15. The summed E-state index contributed by atoms with van der Waals surface area (Å²) < 4.78 is 0. The van der Waals surface area contributed by atoms with Gasteiger partial charge in [0.05, 0.1) is 6.10 Å². The molecule has 3 nitrogen and oxygen atoms in total. The van der Waals surface area contributed by atoms with E-state index >= 15 is 0 Å². The van der Waals surface area contributed by atoms with Crippen LogP contribution in [0.2, 0.25) is 0 Å². The van der Waals surface area contributed by atoms with Gasteiger partial charge >= 0.3 is 0 Å². The molecule has 3 heteroatoms. The normalized spacial score (nSPS) is 40.9. The highest BCUT2D eigenvalue weighted by atomic mass is 16.3. The second-order valence-corrected chi connectivity index (χ2v) is 5.14. The van der Waals surface area contributed by atoms with Crippen LogP contribution in [-0.4, -0.2) is 41.8 Å². The zero-order valence-corrected chi connectivity index (χ0v) is 9.02. The van der Waals surface area contributed by atoms with E-state index in [1.165, 1.54) is 19.3 Å². The van der Waals surface area contributed by atoms with Gasteiger partial charge in [-0.05, 0) is 31.6 Å². The smallest absolute Gasteiger partial charge is 0.0620 e. The van der Waals surface area contributed by atoms with E-state index in [1.54, 1.807) is 0 Å². The van der Waals surface area contributed by atoms with Crippen LogP contribution in [-0.2, 0) is 0 Å². The summed E-state index contributed by atoms with van der Waals surface area (Å²) in [7, 11) is 0. The molecule has 2 fully saturated rings. The number of hydrogen-bond donors (Lipinski definition) is 2. The Balaban J connectivity index is 1.93. The molecule has 1 heterocycles. The minimum atomic E-state index is -0.0342. The fourth-order valence-corrected chi connectivity index (χ4v) is 3.06. The topological polar surface area (TPSA) is 49.5 Å². The van der Waals surface area contributed by atoms with Gasteiger partial charge < -0.3 is 15.7 Å². The molecule has 2 bridgehead atoms. The fraction of sp³-hybridized carbons (Fsp3) is 1.00. The summed E-state index contributed by atoms with van der Waals surface area (Å²) in [5.74, 6) is 1.03. The lowest BCUT2D eigenvalue weighted by Gasteiger charge is -2.45. The average molecular weight is 198 g/mol. The van der Waals surface area contributed by atoms with Crippen molar-refractivity contribution in [3.8, 4) is 0 Å². The molecular formula is C11H22N2O. The SMILES string of the molecule is CC(N)CN1CC2CCCC(C1)C2O. The molecule has 3 N–H and O–H groups in total. The minimum Gasteiger partial charge on any atom is -0.392 e. The highest BCUT2D eigenvalue weighted by molar-refractivity contribution is 4.90. The van der Waals surface area contributed by atoms with Gasteiger partial charge in [0.25, 0.3) is 0 Å². The van der Waals surface area contributed by atoms with E-state index in [-0.39, 0.29) is 12.1 Å². The van der Waals surface area contributed by atoms with Crippen molar-refractivity contribution in [3.05, 3.63) is 0 Å². The molecule has 1 saturated carbocycles. The number of piperidine rings is 1. The Morgan fingerprint density at radius 1 is 1.36 bits per heavy atom. The lowest BCUT2D eigenvalue weighted by Crippen LogP contribution is -2.53. The molecule has 2 aliphatic rings. The van der Waals surface area contributed by atoms with Gasteiger partial charge in [-0.2, -0.15) is 0 Å². The monoisotopic (exact) mass is 198 g/mol. The van der Waals surface area contributed by atoms with Gasteiger partial charge in [-0.25, -0.2) is 0 Å². The minimum absolute atomic E-state index is 0.0342. The van der Waals surface area contributed by atoms with Gasteiger partial charge in [0.1, 0.15) is 0 Å². The number of aliphatic hydroxyl groups is 1. The van der Waals surface area contributed by atoms with E-state index in [9.17, 15) is 5.11 Å². The summed E-state index contributed by atoms with van der Waals surface area (Å²) in [4.78, 5) is 2.44.